The van der Waals surface area contributed by atoms with Crippen LogP contribution in [-0.4, -0.2) is 17.0 Å². The lowest BCUT2D eigenvalue weighted by Crippen LogP contribution is -2.12. The maximum atomic E-state index is 6.75. The van der Waals surface area contributed by atoms with E-state index in [0.29, 0.717) is 5.84 Å². The minimum Gasteiger partial charge on any atom is -0.456 e. The molecule has 37 heavy (non-hydrogen) atoms. The summed E-state index contributed by atoms with van der Waals surface area (Å²) in [6.45, 7) is 0. The van der Waals surface area contributed by atoms with E-state index in [1.807, 2.05) is 109 Å². The van der Waals surface area contributed by atoms with Gasteiger partial charge in [0.1, 0.15) is 17.3 Å². The van der Waals surface area contributed by atoms with E-state index in [2.05, 4.69) is 17.1 Å². The Labute approximate surface area is 214 Å². The second kappa shape index (κ2) is 10.0. The van der Waals surface area contributed by atoms with Crippen molar-refractivity contribution in [1.82, 2.24) is 4.98 Å². The average Bonchev–Trinajstić information content (AvgIpc) is 3.35. The normalized spacial score (nSPS) is 12.9. The molecule has 2 N–H and O–H groups in total. The molecule has 0 spiro atoms. The van der Waals surface area contributed by atoms with Gasteiger partial charge in [-0.05, 0) is 35.4 Å². The molecule has 0 saturated heterocycles. The minimum absolute atomic E-state index is 0.548. The molecule has 1 atom stereocenters. The second-order valence-electron chi connectivity index (χ2n) is 8.71. The number of aliphatic imine (C=N–C) groups is 2. The molecule has 178 valence electrons. The standard InChI is InChI=1S/C32H24N4O/c33-31(27-15-7-17-29-30(27)26-14-4-5-16-28(26)37-29)36-32(35-20-22-9-2-1-3-10-22)24-12-6-11-23(19-24)25-13-8-18-34-21-25/h1-21,31H,33H2. The zero-order valence-electron chi connectivity index (χ0n) is 20.0. The predicted octanol–water partition coefficient (Wildman–Crippen LogP) is 7.17. The average molecular weight is 481 g/mol. The summed E-state index contributed by atoms with van der Waals surface area (Å²) in [6, 6.07) is 35.9. The van der Waals surface area contributed by atoms with E-state index in [-0.39, 0.29) is 0 Å². The summed E-state index contributed by atoms with van der Waals surface area (Å²) < 4.78 is 6.06. The van der Waals surface area contributed by atoms with Crippen LogP contribution >= 0.6 is 0 Å². The van der Waals surface area contributed by atoms with Crippen molar-refractivity contribution in [1.29, 1.82) is 0 Å². The van der Waals surface area contributed by atoms with Gasteiger partial charge in [-0.1, -0.05) is 84.9 Å². The summed E-state index contributed by atoms with van der Waals surface area (Å²) in [6.07, 6.45) is 4.79. The predicted molar refractivity (Wildman–Crippen MR) is 151 cm³/mol. The maximum absolute atomic E-state index is 6.75. The number of hydrogen-bond donors (Lipinski definition) is 1. The Bertz CT molecular complexity index is 1740. The van der Waals surface area contributed by atoms with Crippen molar-refractivity contribution >= 4 is 34.0 Å². The molecule has 6 rings (SSSR count). The van der Waals surface area contributed by atoms with Crippen LogP contribution in [-0.2, 0) is 0 Å². The molecule has 5 heteroatoms. The maximum Gasteiger partial charge on any atom is 0.156 e. The van der Waals surface area contributed by atoms with Gasteiger partial charge in [-0.2, -0.15) is 0 Å². The Morgan fingerprint density at radius 2 is 1.57 bits per heavy atom. The van der Waals surface area contributed by atoms with E-state index in [1.54, 1.807) is 6.20 Å². The number of hydrogen-bond acceptors (Lipinski definition) is 4. The van der Waals surface area contributed by atoms with Crippen LogP contribution in [0, 0.1) is 0 Å². The van der Waals surface area contributed by atoms with Crippen LogP contribution in [0.4, 0.5) is 0 Å². The highest BCUT2D eigenvalue weighted by Gasteiger charge is 2.16. The summed E-state index contributed by atoms with van der Waals surface area (Å²) in [7, 11) is 0. The third kappa shape index (κ3) is 4.68. The number of benzene rings is 4. The quantitative estimate of drug-likeness (QED) is 0.210. The van der Waals surface area contributed by atoms with Gasteiger partial charge in [0.15, 0.2) is 5.84 Å². The molecule has 0 aliphatic rings. The van der Waals surface area contributed by atoms with E-state index >= 15 is 0 Å². The highest BCUT2D eigenvalue weighted by Crippen LogP contribution is 2.34. The van der Waals surface area contributed by atoms with Crippen LogP contribution in [0.3, 0.4) is 0 Å². The molecule has 2 heterocycles. The Kier molecular flexibility index (Phi) is 6.11. The van der Waals surface area contributed by atoms with Crippen LogP contribution in [0.1, 0.15) is 22.9 Å². The molecule has 6 aromatic rings. The third-order valence-electron chi connectivity index (χ3n) is 6.27. The zero-order valence-corrected chi connectivity index (χ0v) is 20.0. The van der Waals surface area contributed by atoms with Crippen LogP contribution < -0.4 is 5.73 Å². The Balaban J connectivity index is 1.47. The lowest BCUT2D eigenvalue weighted by molar-refractivity contribution is 0.668. The summed E-state index contributed by atoms with van der Waals surface area (Å²) in [5, 5.41) is 2.00. The fourth-order valence-electron chi connectivity index (χ4n) is 4.48. The topological polar surface area (TPSA) is 76.8 Å². The molecule has 0 radical (unpaired) electrons. The first-order valence-corrected chi connectivity index (χ1v) is 12.1. The molecular weight excluding hydrogens is 456 g/mol. The van der Waals surface area contributed by atoms with E-state index in [9.17, 15) is 0 Å². The number of para-hydroxylation sites is 1. The Morgan fingerprint density at radius 1 is 0.784 bits per heavy atom. The molecule has 0 bridgehead atoms. The summed E-state index contributed by atoms with van der Waals surface area (Å²) >= 11 is 0. The van der Waals surface area contributed by atoms with Crippen molar-refractivity contribution in [2.75, 3.05) is 0 Å². The van der Waals surface area contributed by atoms with Crippen LogP contribution in [0.25, 0.3) is 33.1 Å². The van der Waals surface area contributed by atoms with Crippen molar-refractivity contribution in [3.63, 3.8) is 0 Å². The number of pyridine rings is 1. The van der Waals surface area contributed by atoms with Gasteiger partial charge < -0.3 is 10.2 Å². The molecule has 0 aliphatic heterocycles. The van der Waals surface area contributed by atoms with E-state index in [0.717, 1.165) is 49.8 Å². The van der Waals surface area contributed by atoms with Gasteiger partial charge >= 0.3 is 0 Å². The van der Waals surface area contributed by atoms with E-state index < -0.39 is 6.17 Å². The largest absolute Gasteiger partial charge is 0.456 e. The van der Waals surface area contributed by atoms with Crippen molar-refractivity contribution in [3.8, 4) is 11.1 Å². The number of aromatic nitrogens is 1. The summed E-state index contributed by atoms with van der Waals surface area (Å²) in [4.78, 5) is 14.0. The number of fused-ring (bicyclic) bond motifs is 3. The molecule has 2 aromatic heterocycles. The fourth-order valence-corrected chi connectivity index (χ4v) is 4.48. The Hall–Kier alpha value is -4.87. The summed E-state index contributed by atoms with van der Waals surface area (Å²) in [5.74, 6) is 0.548. The highest BCUT2D eigenvalue weighted by molar-refractivity contribution is 6.08. The van der Waals surface area contributed by atoms with Gasteiger partial charge in [-0.15, -0.1) is 0 Å². The first kappa shape index (κ1) is 22.6. The van der Waals surface area contributed by atoms with Gasteiger partial charge in [0.25, 0.3) is 0 Å². The van der Waals surface area contributed by atoms with Crippen molar-refractivity contribution in [3.05, 3.63) is 138 Å². The molecule has 4 aromatic carbocycles. The van der Waals surface area contributed by atoms with Crippen LogP contribution in [0.2, 0.25) is 0 Å². The van der Waals surface area contributed by atoms with Gasteiger partial charge in [0.2, 0.25) is 0 Å². The third-order valence-corrected chi connectivity index (χ3v) is 6.27. The smallest absolute Gasteiger partial charge is 0.156 e. The van der Waals surface area contributed by atoms with Gasteiger partial charge in [-0.3, -0.25) is 4.98 Å². The lowest BCUT2D eigenvalue weighted by atomic mass is 10.0. The van der Waals surface area contributed by atoms with Crippen LogP contribution in [0.5, 0.6) is 0 Å². The van der Waals surface area contributed by atoms with Crippen molar-refractivity contribution in [2.24, 2.45) is 15.7 Å². The second-order valence-corrected chi connectivity index (χ2v) is 8.71. The van der Waals surface area contributed by atoms with Crippen molar-refractivity contribution in [2.45, 2.75) is 6.17 Å². The molecule has 0 amide bonds. The highest BCUT2D eigenvalue weighted by atomic mass is 16.3. The van der Waals surface area contributed by atoms with E-state index in [1.165, 1.54) is 0 Å². The van der Waals surface area contributed by atoms with E-state index in [4.69, 9.17) is 20.1 Å². The molecule has 0 saturated carbocycles. The van der Waals surface area contributed by atoms with Gasteiger partial charge in [0, 0.05) is 46.1 Å². The number of nitrogens with zero attached hydrogens (tertiary/aromatic N) is 3. The molecular formula is C32H24N4O. The SMILES string of the molecule is NC(N=C(N=Cc1ccccc1)c1cccc(-c2cccnc2)c1)c1cccc2oc3ccccc3c12. The molecule has 1 unspecified atom stereocenters. The van der Waals surface area contributed by atoms with Crippen molar-refractivity contribution < 1.29 is 4.42 Å². The molecule has 0 aliphatic carbocycles. The van der Waals surface area contributed by atoms with Crippen LogP contribution in [0.15, 0.2) is 136 Å². The minimum atomic E-state index is -0.644. The fraction of sp³-hybridized carbons (Fsp3) is 0.0312. The number of amidine groups is 1. The zero-order chi connectivity index (χ0) is 25.0. The first-order chi connectivity index (χ1) is 18.3. The summed E-state index contributed by atoms with van der Waals surface area (Å²) in [5.41, 5.74) is 13.2. The number of nitrogens with two attached hydrogens (primary N) is 1. The number of rotatable bonds is 5. The first-order valence-electron chi connectivity index (χ1n) is 12.1. The molecule has 0 fully saturated rings. The van der Waals surface area contributed by atoms with Gasteiger partial charge in [-0.25, -0.2) is 9.98 Å². The Morgan fingerprint density at radius 3 is 2.43 bits per heavy atom. The lowest BCUT2D eigenvalue weighted by Gasteiger charge is -2.12. The van der Waals surface area contributed by atoms with Gasteiger partial charge in [0.05, 0.1) is 0 Å². The molecule has 5 nitrogen and oxygen atoms in total. The number of furan rings is 1. The monoisotopic (exact) mass is 480 g/mol.